The zero-order valence-corrected chi connectivity index (χ0v) is 11.8. The highest BCUT2D eigenvalue weighted by molar-refractivity contribution is 5.66. The van der Waals surface area contributed by atoms with E-state index in [0.29, 0.717) is 0 Å². The maximum atomic E-state index is 6.02. The van der Waals surface area contributed by atoms with E-state index in [2.05, 4.69) is 16.0 Å². The molecule has 1 fully saturated rings. The van der Waals surface area contributed by atoms with Gasteiger partial charge in [0, 0.05) is 5.56 Å². The Kier molecular flexibility index (Phi) is 4.36. The van der Waals surface area contributed by atoms with E-state index in [4.69, 9.17) is 4.74 Å². The van der Waals surface area contributed by atoms with Crippen LogP contribution in [0.3, 0.4) is 0 Å². The fraction of sp³-hybridized carbons (Fsp3) is 0.471. The summed E-state index contributed by atoms with van der Waals surface area (Å²) >= 11 is 0. The van der Waals surface area contributed by atoms with Gasteiger partial charge in [-0.15, -0.1) is 0 Å². The summed E-state index contributed by atoms with van der Waals surface area (Å²) in [4.78, 5) is 7.22. The van der Waals surface area contributed by atoms with Crippen LogP contribution in [-0.4, -0.2) is 16.6 Å². The van der Waals surface area contributed by atoms with Crippen molar-refractivity contribution in [2.24, 2.45) is 5.92 Å². The summed E-state index contributed by atoms with van der Waals surface area (Å²) in [5, 5.41) is 0. The van der Waals surface area contributed by atoms with Gasteiger partial charge < -0.3 is 9.72 Å². The molecule has 0 amide bonds. The van der Waals surface area contributed by atoms with Crippen LogP contribution >= 0.6 is 0 Å². The predicted octanol–water partition coefficient (Wildman–Crippen LogP) is 4.43. The van der Waals surface area contributed by atoms with E-state index in [9.17, 15) is 0 Å². The van der Waals surface area contributed by atoms with Crippen LogP contribution < -0.4 is 4.74 Å². The van der Waals surface area contributed by atoms with Crippen molar-refractivity contribution in [2.75, 3.05) is 6.61 Å². The summed E-state index contributed by atoms with van der Waals surface area (Å²) in [5.41, 5.74) is 2.10. The van der Waals surface area contributed by atoms with Crippen molar-refractivity contribution < 1.29 is 4.74 Å². The second-order valence-corrected chi connectivity index (χ2v) is 5.60. The van der Waals surface area contributed by atoms with Crippen LogP contribution in [0.15, 0.2) is 36.8 Å². The lowest BCUT2D eigenvalue weighted by Gasteiger charge is -2.21. The molecule has 0 aliphatic heterocycles. The minimum absolute atomic E-state index is 0.815. The minimum Gasteiger partial charge on any atom is -0.493 e. The van der Waals surface area contributed by atoms with Gasteiger partial charge >= 0.3 is 0 Å². The summed E-state index contributed by atoms with van der Waals surface area (Å²) in [6.45, 7) is 0.815. The molecule has 2 aromatic rings. The number of H-pyrrole nitrogens is 1. The first-order valence-electron chi connectivity index (χ1n) is 7.64. The maximum absolute atomic E-state index is 6.02. The number of nitrogens with one attached hydrogen (secondary N) is 1. The van der Waals surface area contributed by atoms with E-state index in [-0.39, 0.29) is 0 Å². The Hall–Kier alpha value is -1.77. The Morgan fingerprint density at radius 2 is 2.00 bits per heavy atom. The summed E-state index contributed by atoms with van der Waals surface area (Å²) in [6, 6.07) is 8.17. The van der Waals surface area contributed by atoms with E-state index < -0.39 is 0 Å². The van der Waals surface area contributed by atoms with Gasteiger partial charge in [-0.05, 0) is 24.5 Å². The first kappa shape index (κ1) is 13.2. The summed E-state index contributed by atoms with van der Waals surface area (Å²) in [7, 11) is 0. The third-order valence-electron chi connectivity index (χ3n) is 4.18. The Morgan fingerprint density at radius 1 is 1.15 bits per heavy atom. The van der Waals surface area contributed by atoms with Crippen LogP contribution in [0, 0.1) is 5.92 Å². The quantitative estimate of drug-likeness (QED) is 0.873. The van der Waals surface area contributed by atoms with Gasteiger partial charge in [0.25, 0.3) is 0 Å². The molecule has 1 aliphatic rings. The number of rotatable bonds is 5. The zero-order valence-electron chi connectivity index (χ0n) is 11.8. The first-order valence-corrected chi connectivity index (χ1v) is 7.64. The molecule has 0 atom stereocenters. The summed E-state index contributed by atoms with van der Waals surface area (Å²) in [5.74, 6) is 1.82. The number of hydrogen-bond acceptors (Lipinski definition) is 2. The number of imidazole rings is 1. The molecule has 1 heterocycles. The normalized spacial score (nSPS) is 16.2. The molecule has 0 spiro atoms. The lowest BCUT2D eigenvalue weighted by atomic mass is 9.87. The van der Waals surface area contributed by atoms with Crippen molar-refractivity contribution in [3.8, 4) is 17.0 Å². The monoisotopic (exact) mass is 270 g/mol. The summed E-state index contributed by atoms with van der Waals surface area (Å²) < 4.78 is 6.02. The standard InChI is InChI=1S/C17H22N2O/c1-2-6-14(7-3-1)10-11-20-17-9-5-4-8-15(17)16-12-18-13-19-16/h4-5,8-9,12-14H,1-3,6-7,10-11H2,(H,18,19). The average Bonchev–Trinajstić information content (AvgIpc) is 3.03. The molecular weight excluding hydrogens is 248 g/mol. The number of hydrogen-bond donors (Lipinski definition) is 1. The molecule has 0 unspecified atom stereocenters. The Morgan fingerprint density at radius 3 is 2.80 bits per heavy atom. The van der Waals surface area contributed by atoms with Crippen LogP contribution in [-0.2, 0) is 0 Å². The molecule has 1 aromatic heterocycles. The maximum Gasteiger partial charge on any atom is 0.128 e. The third-order valence-corrected chi connectivity index (χ3v) is 4.18. The molecule has 0 radical (unpaired) electrons. The van der Waals surface area contributed by atoms with Gasteiger partial charge in [0.05, 0.1) is 24.8 Å². The number of para-hydroxylation sites is 1. The molecule has 0 saturated heterocycles. The number of ether oxygens (including phenoxy) is 1. The van der Waals surface area contributed by atoms with E-state index in [1.54, 1.807) is 6.33 Å². The van der Waals surface area contributed by atoms with E-state index >= 15 is 0 Å². The highest BCUT2D eigenvalue weighted by Crippen LogP contribution is 2.30. The van der Waals surface area contributed by atoms with Crippen molar-refractivity contribution in [3.05, 3.63) is 36.8 Å². The Bertz CT molecular complexity index is 516. The molecule has 1 saturated carbocycles. The molecule has 1 aromatic carbocycles. The van der Waals surface area contributed by atoms with Crippen molar-refractivity contribution in [2.45, 2.75) is 38.5 Å². The molecule has 3 rings (SSSR count). The minimum atomic E-state index is 0.815. The first-order chi connectivity index (χ1) is 9.93. The second-order valence-electron chi connectivity index (χ2n) is 5.60. The third kappa shape index (κ3) is 3.21. The molecular formula is C17H22N2O. The van der Waals surface area contributed by atoms with E-state index in [1.165, 1.54) is 38.5 Å². The lowest BCUT2D eigenvalue weighted by Crippen LogP contribution is -2.11. The van der Waals surface area contributed by atoms with E-state index in [1.807, 2.05) is 24.4 Å². The van der Waals surface area contributed by atoms with Crippen LogP contribution in [0.1, 0.15) is 38.5 Å². The van der Waals surface area contributed by atoms with Crippen LogP contribution in [0.5, 0.6) is 5.75 Å². The van der Waals surface area contributed by atoms with Gasteiger partial charge in [-0.1, -0.05) is 44.2 Å². The van der Waals surface area contributed by atoms with Crippen LogP contribution in [0.4, 0.5) is 0 Å². The molecule has 1 aliphatic carbocycles. The second kappa shape index (κ2) is 6.60. The SMILES string of the molecule is c1ccc(-c2cnc[nH]2)c(OCCC2CCCCC2)c1. The van der Waals surface area contributed by atoms with Gasteiger partial charge in [0.15, 0.2) is 0 Å². The highest BCUT2D eigenvalue weighted by Gasteiger charge is 2.14. The van der Waals surface area contributed by atoms with Crippen molar-refractivity contribution in [1.82, 2.24) is 9.97 Å². The molecule has 0 bridgehead atoms. The smallest absolute Gasteiger partial charge is 0.128 e. The number of aromatic nitrogens is 2. The summed E-state index contributed by atoms with van der Waals surface area (Å²) in [6.07, 6.45) is 11.7. The zero-order chi connectivity index (χ0) is 13.6. The molecule has 106 valence electrons. The Labute approximate surface area is 120 Å². The van der Waals surface area contributed by atoms with Crippen molar-refractivity contribution >= 4 is 0 Å². The molecule has 1 N–H and O–H groups in total. The number of nitrogens with zero attached hydrogens (tertiary/aromatic N) is 1. The van der Waals surface area contributed by atoms with Gasteiger partial charge in [-0.25, -0.2) is 4.98 Å². The predicted molar refractivity (Wildman–Crippen MR) is 80.7 cm³/mol. The average molecular weight is 270 g/mol. The Balaban J connectivity index is 1.60. The fourth-order valence-corrected chi connectivity index (χ4v) is 3.03. The largest absolute Gasteiger partial charge is 0.493 e. The van der Waals surface area contributed by atoms with Gasteiger partial charge in [0.2, 0.25) is 0 Å². The highest BCUT2D eigenvalue weighted by atomic mass is 16.5. The molecule has 3 nitrogen and oxygen atoms in total. The lowest BCUT2D eigenvalue weighted by molar-refractivity contribution is 0.247. The van der Waals surface area contributed by atoms with Gasteiger partial charge in [-0.3, -0.25) is 0 Å². The molecule has 3 heteroatoms. The van der Waals surface area contributed by atoms with Crippen LogP contribution in [0.2, 0.25) is 0 Å². The molecule has 20 heavy (non-hydrogen) atoms. The number of benzene rings is 1. The fourth-order valence-electron chi connectivity index (χ4n) is 3.03. The van der Waals surface area contributed by atoms with Gasteiger partial charge in [-0.2, -0.15) is 0 Å². The van der Waals surface area contributed by atoms with Gasteiger partial charge in [0.1, 0.15) is 5.75 Å². The van der Waals surface area contributed by atoms with Crippen molar-refractivity contribution in [3.63, 3.8) is 0 Å². The van der Waals surface area contributed by atoms with E-state index in [0.717, 1.165) is 29.5 Å². The van der Waals surface area contributed by atoms with Crippen LogP contribution in [0.25, 0.3) is 11.3 Å². The topological polar surface area (TPSA) is 37.9 Å². The number of aromatic amines is 1. The van der Waals surface area contributed by atoms with Crippen molar-refractivity contribution in [1.29, 1.82) is 0 Å².